The Kier molecular flexibility index (Phi) is 6.90. The molecule has 2 aliphatic rings. The van der Waals surface area contributed by atoms with Gasteiger partial charge in [0.05, 0.1) is 6.04 Å². The van der Waals surface area contributed by atoms with Crippen molar-refractivity contribution in [3.8, 4) is 0 Å². The van der Waals surface area contributed by atoms with Crippen LogP contribution in [0.1, 0.15) is 42.9 Å². The Labute approximate surface area is 190 Å². The topological polar surface area (TPSA) is 52.7 Å². The second-order valence-electron chi connectivity index (χ2n) is 8.26. The molecule has 7 heteroatoms. The van der Waals surface area contributed by atoms with Gasteiger partial charge in [-0.25, -0.2) is 9.18 Å². The van der Waals surface area contributed by atoms with Crippen LogP contribution >= 0.6 is 15.9 Å². The van der Waals surface area contributed by atoms with E-state index in [1.54, 1.807) is 12.1 Å². The molecule has 2 aromatic rings. The number of nitrogens with zero attached hydrogens (tertiary/aromatic N) is 2. The van der Waals surface area contributed by atoms with Crippen molar-refractivity contribution < 1.29 is 14.0 Å². The normalized spacial score (nSPS) is 18.1. The molecule has 2 fully saturated rings. The minimum absolute atomic E-state index is 0.0930. The second-order valence-corrected chi connectivity index (χ2v) is 9.17. The van der Waals surface area contributed by atoms with E-state index in [-0.39, 0.29) is 23.7 Å². The van der Waals surface area contributed by atoms with Crippen molar-refractivity contribution in [2.24, 2.45) is 5.92 Å². The van der Waals surface area contributed by atoms with Crippen molar-refractivity contribution in [2.45, 2.75) is 31.7 Å². The van der Waals surface area contributed by atoms with Crippen LogP contribution in [-0.2, 0) is 4.79 Å². The lowest BCUT2D eigenvalue weighted by atomic mass is 9.93. The third kappa shape index (κ3) is 5.09. The Morgan fingerprint density at radius 3 is 2.26 bits per heavy atom. The van der Waals surface area contributed by atoms with Gasteiger partial charge in [-0.3, -0.25) is 4.79 Å². The van der Waals surface area contributed by atoms with Gasteiger partial charge in [-0.15, -0.1) is 0 Å². The lowest BCUT2D eigenvalue weighted by Crippen LogP contribution is -2.48. The molecular formula is C24H27BrFN3O2. The smallest absolute Gasteiger partial charge is 0.319 e. The van der Waals surface area contributed by atoms with E-state index < -0.39 is 6.04 Å². The standard InChI is InChI=1S/C24H27BrFN3O2/c25-19-8-9-20(21(26)16-19)22(17-6-2-1-3-7-17)27-23(30)18-10-14-29(15-11-18)24(31)28-12-4-5-13-28/h1-3,6-9,16,18,22H,4-5,10-15H2,(H,27,30). The summed E-state index contributed by atoms with van der Waals surface area (Å²) >= 11 is 3.29. The van der Waals surface area contributed by atoms with Gasteiger partial charge in [0.2, 0.25) is 5.91 Å². The maximum atomic E-state index is 14.7. The van der Waals surface area contributed by atoms with Crippen LogP contribution in [0, 0.1) is 11.7 Å². The average molecular weight is 488 g/mol. The van der Waals surface area contributed by atoms with Gasteiger partial charge in [0, 0.05) is 42.1 Å². The predicted molar refractivity (Wildman–Crippen MR) is 121 cm³/mol. The van der Waals surface area contributed by atoms with Crippen LogP contribution in [0.15, 0.2) is 53.0 Å². The van der Waals surface area contributed by atoms with Crippen LogP contribution in [0.25, 0.3) is 0 Å². The zero-order valence-electron chi connectivity index (χ0n) is 17.4. The monoisotopic (exact) mass is 487 g/mol. The van der Waals surface area contributed by atoms with E-state index >= 15 is 0 Å². The van der Waals surface area contributed by atoms with Crippen molar-refractivity contribution in [1.29, 1.82) is 0 Å². The third-order valence-electron chi connectivity index (χ3n) is 6.21. The lowest BCUT2D eigenvalue weighted by Gasteiger charge is -2.34. The van der Waals surface area contributed by atoms with Gasteiger partial charge >= 0.3 is 6.03 Å². The molecule has 1 unspecified atom stereocenters. The SMILES string of the molecule is O=C(NC(c1ccccc1)c1ccc(Br)cc1F)C1CCN(C(=O)N2CCCC2)CC1. The fourth-order valence-corrected chi connectivity index (χ4v) is 4.76. The summed E-state index contributed by atoms with van der Waals surface area (Å²) in [5.74, 6) is -0.647. The molecule has 2 aromatic carbocycles. The molecule has 3 amide bonds. The molecule has 0 bridgehead atoms. The Morgan fingerprint density at radius 2 is 1.61 bits per heavy atom. The summed E-state index contributed by atoms with van der Waals surface area (Å²) in [5, 5.41) is 3.07. The quantitative estimate of drug-likeness (QED) is 0.677. The summed E-state index contributed by atoms with van der Waals surface area (Å²) in [5.41, 5.74) is 1.27. The molecule has 0 saturated carbocycles. The van der Waals surface area contributed by atoms with Crippen molar-refractivity contribution >= 4 is 27.9 Å². The summed E-state index contributed by atoms with van der Waals surface area (Å²) in [6.45, 7) is 2.82. The Balaban J connectivity index is 1.44. The fraction of sp³-hybridized carbons (Fsp3) is 0.417. The summed E-state index contributed by atoms with van der Waals surface area (Å²) in [6, 6.07) is 13.9. The predicted octanol–water partition coefficient (Wildman–Crippen LogP) is 4.72. The van der Waals surface area contributed by atoms with Gasteiger partial charge in [0.15, 0.2) is 0 Å². The van der Waals surface area contributed by atoms with E-state index in [0.717, 1.165) is 31.5 Å². The van der Waals surface area contributed by atoms with E-state index in [2.05, 4.69) is 21.2 Å². The Hall–Kier alpha value is -2.41. The van der Waals surface area contributed by atoms with E-state index in [1.165, 1.54) is 6.07 Å². The number of halogens is 2. The number of carbonyl (C=O) groups is 2. The number of likely N-dealkylation sites (tertiary alicyclic amines) is 2. The van der Waals surface area contributed by atoms with E-state index in [0.29, 0.717) is 36.0 Å². The van der Waals surface area contributed by atoms with Gasteiger partial charge in [0.1, 0.15) is 5.82 Å². The number of benzene rings is 2. The van der Waals surface area contributed by atoms with Crippen LogP contribution < -0.4 is 5.32 Å². The van der Waals surface area contributed by atoms with Gasteiger partial charge in [-0.1, -0.05) is 52.3 Å². The fourth-order valence-electron chi connectivity index (χ4n) is 4.42. The Morgan fingerprint density at radius 1 is 0.968 bits per heavy atom. The van der Waals surface area contributed by atoms with Crippen LogP contribution in [0.3, 0.4) is 0 Å². The zero-order chi connectivity index (χ0) is 21.8. The van der Waals surface area contributed by atoms with Crippen molar-refractivity contribution in [2.75, 3.05) is 26.2 Å². The summed E-state index contributed by atoms with van der Waals surface area (Å²) in [6.07, 6.45) is 3.38. The van der Waals surface area contributed by atoms with Gasteiger partial charge in [-0.2, -0.15) is 0 Å². The molecule has 1 atom stereocenters. The zero-order valence-corrected chi connectivity index (χ0v) is 19.0. The highest BCUT2D eigenvalue weighted by atomic mass is 79.9. The van der Waals surface area contributed by atoms with Gasteiger partial charge < -0.3 is 15.1 Å². The first kappa shape index (κ1) is 21.8. The largest absolute Gasteiger partial charge is 0.345 e. The van der Waals surface area contributed by atoms with Crippen molar-refractivity contribution in [3.63, 3.8) is 0 Å². The molecule has 0 spiro atoms. The first-order chi connectivity index (χ1) is 15.0. The van der Waals surface area contributed by atoms with E-state index in [1.807, 2.05) is 40.1 Å². The maximum absolute atomic E-state index is 14.7. The molecule has 0 radical (unpaired) electrons. The second kappa shape index (κ2) is 9.81. The molecule has 1 N–H and O–H groups in total. The van der Waals surface area contributed by atoms with Gasteiger partial charge in [-0.05, 0) is 43.4 Å². The number of carbonyl (C=O) groups excluding carboxylic acids is 2. The van der Waals surface area contributed by atoms with E-state index in [9.17, 15) is 14.0 Å². The third-order valence-corrected chi connectivity index (χ3v) is 6.70. The highest BCUT2D eigenvalue weighted by Gasteiger charge is 2.32. The number of hydrogen-bond donors (Lipinski definition) is 1. The maximum Gasteiger partial charge on any atom is 0.319 e. The minimum atomic E-state index is -0.564. The number of piperidine rings is 1. The molecule has 2 saturated heterocycles. The van der Waals surface area contributed by atoms with E-state index in [4.69, 9.17) is 0 Å². The number of rotatable bonds is 4. The van der Waals surface area contributed by atoms with Crippen molar-refractivity contribution in [1.82, 2.24) is 15.1 Å². The average Bonchev–Trinajstić information content (AvgIpc) is 3.33. The summed E-state index contributed by atoms with van der Waals surface area (Å²) in [4.78, 5) is 29.5. The number of hydrogen-bond acceptors (Lipinski definition) is 2. The molecule has 0 aliphatic carbocycles. The van der Waals surface area contributed by atoms with Gasteiger partial charge in [0.25, 0.3) is 0 Å². The highest BCUT2D eigenvalue weighted by Crippen LogP contribution is 2.28. The van der Waals surface area contributed by atoms with Crippen LogP contribution in [0.2, 0.25) is 0 Å². The molecule has 164 valence electrons. The summed E-state index contributed by atoms with van der Waals surface area (Å²) < 4.78 is 15.4. The number of amides is 3. The lowest BCUT2D eigenvalue weighted by molar-refractivity contribution is -0.126. The molecule has 5 nitrogen and oxygen atoms in total. The molecule has 2 aliphatic heterocycles. The highest BCUT2D eigenvalue weighted by molar-refractivity contribution is 9.10. The van der Waals surface area contributed by atoms with Crippen LogP contribution in [0.4, 0.5) is 9.18 Å². The van der Waals surface area contributed by atoms with Crippen LogP contribution in [0.5, 0.6) is 0 Å². The summed E-state index contributed by atoms with van der Waals surface area (Å²) in [7, 11) is 0. The molecule has 0 aromatic heterocycles. The molecule has 2 heterocycles. The Bertz CT molecular complexity index is 926. The van der Waals surface area contributed by atoms with Crippen molar-refractivity contribution in [3.05, 3.63) is 69.9 Å². The molecule has 31 heavy (non-hydrogen) atoms. The first-order valence-corrected chi connectivity index (χ1v) is 11.7. The minimum Gasteiger partial charge on any atom is -0.345 e. The molecule has 4 rings (SSSR count). The first-order valence-electron chi connectivity index (χ1n) is 10.9. The van der Waals surface area contributed by atoms with Crippen LogP contribution in [-0.4, -0.2) is 47.9 Å². The molecular weight excluding hydrogens is 461 g/mol. The number of urea groups is 1. The number of nitrogens with one attached hydrogen (secondary N) is 1.